The Morgan fingerprint density at radius 1 is 1.37 bits per heavy atom. The third-order valence-electron chi connectivity index (χ3n) is 3.82. The molecule has 106 valence electrons. The molecule has 0 saturated carbocycles. The molecule has 1 aliphatic heterocycles. The maximum Gasteiger partial charge on any atom is 0.0468 e. The molecule has 1 aliphatic rings. The van der Waals surface area contributed by atoms with Crippen molar-refractivity contribution in [2.45, 2.75) is 32.4 Å². The summed E-state index contributed by atoms with van der Waals surface area (Å²) in [4.78, 5) is 2.53. The third-order valence-corrected chi connectivity index (χ3v) is 3.82. The van der Waals surface area contributed by atoms with Crippen molar-refractivity contribution in [1.82, 2.24) is 10.2 Å². The van der Waals surface area contributed by atoms with Crippen LogP contribution >= 0.6 is 0 Å². The second-order valence-electron chi connectivity index (χ2n) is 5.76. The molecule has 0 amide bonds. The summed E-state index contributed by atoms with van der Waals surface area (Å²) >= 11 is 0. The Hall–Kier alpha value is -0.900. The Labute approximate surface area is 116 Å². The van der Waals surface area contributed by atoms with Gasteiger partial charge in [-0.25, -0.2) is 0 Å². The lowest BCUT2D eigenvalue weighted by Gasteiger charge is -2.33. The number of nitrogens with one attached hydrogen (secondary N) is 1. The highest BCUT2D eigenvalue weighted by atomic mass is 16.3. The van der Waals surface area contributed by atoms with Crippen molar-refractivity contribution in [1.29, 1.82) is 0 Å². The van der Waals surface area contributed by atoms with Gasteiger partial charge in [-0.2, -0.15) is 0 Å². The third kappa shape index (κ3) is 4.94. The van der Waals surface area contributed by atoms with Gasteiger partial charge in [-0.3, -0.25) is 4.90 Å². The van der Waals surface area contributed by atoms with Gasteiger partial charge in [0.15, 0.2) is 0 Å². The quantitative estimate of drug-likeness (QED) is 0.821. The molecule has 1 aromatic rings. The Morgan fingerprint density at radius 3 is 2.89 bits per heavy atom. The van der Waals surface area contributed by atoms with Gasteiger partial charge in [0.25, 0.3) is 0 Å². The molecular formula is C16H26N2O. The van der Waals surface area contributed by atoms with Crippen LogP contribution in [0.3, 0.4) is 0 Å². The van der Waals surface area contributed by atoms with Crippen molar-refractivity contribution in [3.05, 3.63) is 35.9 Å². The van der Waals surface area contributed by atoms with Crippen LogP contribution in [0.4, 0.5) is 0 Å². The summed E-state index contributed by atoms with van der Waals surface area (Å²) in [6, 6.07) is 11.3. The lowest BCUT2D eigenvalue weighted by Crippen LogP contribution is -2.46. The molecule has 3 heteroatoms. The maximum atomic E-state index is 9.06. The van der Waals surface area contributed by atoms with E-state index in [4.69, 9.17) is 5.11 Å². The van der Waals surface area contributed by atoms with Crippen molar-refractivity contribution in [2.24, 2.45) is 5.92 Å². The Balaban J connectivity index is 1.77. The molecule has 2 atom stereocenters. The highest BCUT2D eigenvalue weighted by Crippen LogP contribution is 2.13. The lowest BCUT2D eigenvalue weighted by atomic mass is 10.0. The number of rotatable bonds is 6. The Kier molecular flexibility index (Phi) is 5.83. The number of benzene rings is 1. The standard InChI is InChI=1S/C16H26N2O/c1-14(13-19)10-17-16-8-5-9-18(12-16)11-15-6-3-2-4-7-15/h2-4,6-7,14,16-17,19H,5,8-13H2,1H3. The molecule has 19 heavy (non-hydrogen) atoms. The summed E-state index contributed by atoms with van der Waals surface area (Å²) in [5.41, 5.74) is 1.40. The fraction of sp³-hybridized carbons (Fsp3) is 0.625. The monoisotopic (exact) mass is 262 g/mol. The van der Waals surface area contributed by atoms with E-state index in [0.717, 1.165) is 19.6 Å². The molecule has 0 aliphatic carbocycles. The molecule has 1 saturated heterocycles. The van der Waals surface area contributed by atoms with Gasteiger partial charge >= 0.3 is 0 Å². The molecular weight excluding hydrogens is 236 g/mol. The molecule has 0 aromatic heterocycles. The second kappa shape index (κ2) is 7.63. The number of likely N-dealkylation sites (tertiary alicyclic amines) is 1. The van der Waals surface area contributed by atoms with E-state index in [0.29, 0.717) is 12.0 Å². The predicted molar refractivity (Wildman–Crippen MR) is 79.0 cm³/mol. The molecule has 1 aromatic carbocycles. The van der Waals surface area contributed by atoms with E-state index in [9.17, 15) is 0 Å². The van der Waals surface area contributed by atoms with E-state index >= 15 is 0 Å². The summed E-state index contributed by atoms with van der Waals surface area (Å²) in [5.74, 6) is 0.351. The minimum absolute atomic E-state index is 0.271. The van der Waals surface area contributed by atoms with Crippen molar-refractivity contribution >= 4 is 0 Å². The minimum Gasteiger partial charge on any atom is -0.396 e. The van der Waals surface area contributed by atoms with Gasteiger partial charge in [0, 0.05) is 32.3 Å². The highest BCUT2D eigenvalue weighted by Gasteiger charge is 2.19. The zero-order valence-corrected chi connectivity index (χ0v) is 11.9. The van der Waals surface area contributed by atoms with Crippen LogP contribution in [0.5, 0.6) is 0 Å². The zero-order chi connectivity index (χ0) is 13.5. The van der Waals surface area contributed by atoms with Crippen LogP contribution < -0.4 is 5.32 Å². The molecule has 2 N–H and O–H groups in total. The van der Waals surface area contributed by atoms with E-state index in [1.54, 1.807) is 0 Å². The van der Waals surface area contributed by atoms with Crippen molar-refractivity contribution in [3.63, 3.8) is 0 Å². The smallest absolute Gasteiger partial charge is 0.0468 e. The number of aliphatic hydroxyl groups excluding tert-OH is 1. The SMILES string of the molecule is CC(CO)CNC1CCCN(Cc2ccccc2)C1. The molecule has 1 fully saturated rings. The first-order valence-electron chi connectivity index (χ1n) is 7.38. The van der Waals surface area contributed by atoms with Crippen molar-refractivity contribution in [3.8, 4) is 0 Å². The van der Waals surface area contributed by atoms with Crippen molar-refractivity contribution in [2.75, 3.05) is 26.2 Å². The van der Waals surface area contributed by atoms with Crippen LogP contribution in [0.15, 0.2) is 30.3 Å². The van der Waals surface area contributed by atoms with Gasteiger partial charge in [-0.1, -0.05) is 37.3 Å². The van der Waals surface area contributed by atoms with Crippen molar-refractivity contribution < 1.29 is 5.11 Å². The fourth-order valence-corrected chi connectivity index (χ4v) is 2.64. The van der Waals surface area contributed by atoms with Crippen LogP contribution in [-0.2, 0) is 6.54 Å². The summed E-state index contributed by atoms with van der Waals surface area (Å²) in [6.07, 6.45) is 2.52. The number of aliphatic hydroxyl groups is 1. The van der Waals surface area contributed by atoms with Gasteiger partial charge in [0.05, 0.1) is 0 Å². The first-order chi connectivity index (χ1) is 9.28. The normalized spacial score (nSPS) is 22.3. The molecule has 2 unspecified atom stereocenters. The molecule has 3 nitrogen and oxygen atoms in total. The van der Waals surface area contributed by atoms with E-state index < -0.39 is 0 Å². The number of nitrogens with zero attached hydrogens (tertiary/aromatic N) is 1. The van der Waals surface area contributed by atoms with Crippen LogP contribution in [0.2, 0.25) is 0 Å². The summed E-state index contributed by atoms with van der Waals surface area (Å²) < 4.78 is 0. The molecule has 1 heterocycles. The van der Waals surface area contributed by atoms with Crippen LogP contribution in [-0.4, -0.2) is 42.3 Å². The van der Waals surface area contributed by atoms with Crippen LogP contribution in [0.25, 0.3) is 0 Å². The van der Waals surface area contributed by atoms with E-state index in [1.165, 1.54) is 24.9 Å². The summed E-state index contributed by atoms with van der Waals surface area (Å²) in [7, 11) is 0. The van der Waals surface area contributed by atoms with Gasteiger partial charge < -0.3 is 10.4 Å². The van der Waals surface area contributed by atoms with E-state index in [1.807, 2.05) is 0 Å². The first-order valence-corrected chi connectivity index (χ1v) is 7.38. The lowest BCUT2D eigenvalue weighted by molar-refractivity contribution is 0.172. The topological polar surface area (TPSA) is 35.5 Å². The molecule has 0 bridgehead atoms. The van der Waals surface area contributed by atoms with E-state index in [2.05, 4.69) is 47.5 Å². The maximum absolute atomic E-state index is 9.06. The largest absolute Gasteiger partial charge is 0.396 e. The highest BCUT2D eigenvalue weighted by molar-refractivity contribution is 5.14. The average Bonchev–Trinajstić information content (AvgIpc) is 2.46. The van der Waals surface area contributed by atoms with Crippen LogP contribution in [0, 0.1) is 5.92 Å². The molecule has 0 radical (unpaired) electrons. The number of hydrogen-bond acceptors (Lipinski definition) is 3. The summed E-state index contributed by atoms with van der Waals surface area (Å²) in [5, 5.41) is 12.6. The first kappa shape index (κ1) is 14.5. The van der Waals surface area contributed by atoms with Gasteiger partial charge in [0.1, 0.15) is 0 Å². The minimum atomic E-state index is 0.271. The van der Waals surface area contributed by atoms with Crippen LogP contribution in [0.1, 0.15) is 25.3 Å². The second-order valence-corrected chi connectivity index (χ2v) is 5.76. The molecule has 0 spiro atoms. The fourth-order valence-electron chi connectivity index (χ4n) is 2.64. The van der Waals surface area contributed by atoms with Gasteiger partial charge in [-0.05, 0) is 30.9 Å². The predicted octanol–water partition coefficient (Wildman–Crippen LogP) is 1.87. The van der Waals surface area contributed by atoms with Gasteiger partial charge in [0.2, 0.25) is 0 Å². The van der Waals surface area contributed by atoms with Gasteiger partial charge in [-0.15, -0.1) is 0 Å². The zero-order valence-electron chi connectivity index (χ0n) is 11.9. The summed E-state index contributed by atoms with van der Waals surface area (Å²) in [6.45, 7) is 6.63. The number of piperidine rings is 1. The Morgan fingerprint density at radius 2 is 2.16 bits per heavy atom. The molecule has 2 rings (SSSR count). The number of hydrogen-bond donors (Lipinski definition) is 2. The van der Waals surface area contributed by atoms with E-state index in [-0.39, 0.29) is 6.61 Å². The average molecular weight is 262 g/mol. The Bertz CT molecular complexity index is 355.